The molecule has 6 nitrogen and oxygen atoms in total. The number of nitrogens with zero attached hydrogens (tertiary/aromatic N) is 2. The molecule has 0 spiro atoms. The van der Waals surface area contributed by atoms with Crippen molar-refractivity contribution in [1.82, 2.24) is 4.31 Å². The molecular weight excluding hydrogens is 446 g/mol. The van der Waals surface area contributed by atoms with Gasteiger partial charge in [-0.25, -0.2) is 8.42 Å². The molecule has 0 bridgehead atoms. The number of piperidine rings is 1. The number of hydrogen-bond acceptors (Lipinski definition) is 4. The molecule has 0 aliphatic carbocycles. The topological polar surface area (TPSA) is 69.7 Å². The molecule has 2 heterocycles. The van der Waals surface area contributed by atoms with Gasteiger partial charge in [0.1, 0.15) is 4.90 Å². The summed E-state index contributed by atoms with van der Waals surface area (Å²) in [4.78, 5) is 15.2. The minimum absolute atomic E-state index is 0.00540. The molecule has 1 N–H and O–H groups in total. The molecule has 2 aliphatic rings. The first-order valence-corrected chi connectivity index (χ1v) is 13.2. The zero-order valence-corrected chi connectivity index (χ0v) is 19.8. The van der Waals surface area contributed by atoms with E-state index in [2.05, 4.69) is 10.2 Å². The number of nitrogens with one attached hydrogen (secondary N) is 1. The minimum atomic E-state index is -3.75. The molecule has 0 unspecified atom stereocenters. The largest absolute Gasteiger partial charge is 0.372 e. The highest BCUT2D eigenvalue weighted by Crippen LogP contribution is 2.28. The summed E-state index contributed by atoms with van der Waals surface area (Å²) in [5.74, 6) is -0.361. The Kier molecular flexibility index (Phi) is 7.38. The molecule has 2 aromatic rings. The van der Waals surface area contributed by atoms with Crippen LogP contribution in [0.1, 0.15) is 55.3 Å². The van der Waals surface area contributed by atoms with E-state index in [1.54, 1.807) is 6.07 Å². The van der Waals surface area contributed by atoms with E-state index in [0.29, 0.717) is 18.8 Å². The van der Waals surface area contributed by atoms with Crippen LogP contribution in [0.15, 0.2) is 47.4 Å². The molecule has 0 atom stereocenters. The van der Waals surface area contributed by atoms with Crippen LogP contribution < -0.4 is 10.2 Å². The summed E-state index contributed by atoms with van der Waals surface area (Å²) >= 11 is 6.25. The number of anilines is 2. The summed E-state index contributed by atoms with van der Waals surface area (Å²) in [7, 11) is -3.75. The minimum Gasteiger partial charge on any atom is -0.372 e. The lowest BCUT2D eigenvalue weighted by atomic mass is 10.1. The van der Waals surface area contributed by atoms with Crippen LogP contribution in [0, 0.1) is 0 Å². The number of benzene rings is 2. The Balaban J connectivity index is 1.49. The Morgan fingerprint density at radius 3 is 2.06 bits per heavy atom. The first-order valence-electron chi connectivity index (χ1n) is 11.4. The van der Waals surface area contributed by atoms with Crippen molar-refractivity contribution >= 4 is 38.9 Å². The van der Waals surface area contributed by atoms with Crippen LogP contribution in [0.4, 0.5) is 11.4 Å². The van der Waals surface area contributed by atoms with Crippen LogP contribution in [0.3, 0.4) is 0 Å². The summed E-state index contributed by atoms with van der Waals surface area (Å²) < 4.78 is 27.9. The summed E-state index contributed by atoms with van der Waals surface area (Å²) in [5, 5.41) is 3.00. The number of rotatable bonds is 5. The molecular formula is C24H30ClN3O3S. The quantitative estimate of drug-likeness (QED) is 0.649. The van der Waals surface area contributed by atoms with Gasteiger partial charge < -0.3 is 10.2 Å². The van der Waals surface area contributed by atoms with E-state index in [1.165, 1.54) is 35.7 Å². The van der Waals surface area contributed by atoms with Crippen molar-refractivity contribution in [2.24, 2.45) is 0 Å². The van der Waals surface area contributed by atoms with Gasteiger partial charge in [-0.15, -0.1) is 0 Å². The number of carbonyl (C=O) groups excluding carboxylic acids is 1. The van der Waals surface area contributed by atoms with Gasteiger partial charge in [0.05, 0.1) is 5.02 Å². The predicted molar refractivity (Wildman–Crippen MR) is 129 cm³/mol. The van der Waals surface area contributed by atoms with E-state index >= 15 is 0 Å². The van der Waals surface area contributed by atoms with E-state index in [0.717, 1.165) is 44.5 Å². The molecule has 8 heteroatoms. The summed E-state index contributed by atoms with van der Waals surface area (Å²) in [6.45, 7) is 3.09. The lowest BCUT2D eigenvalue weighted by Crippen LogP contribution is -2.32. The first-order chi connectivity index (χ1) is 15.4. The van der Waals surface area contributed by atoms with Gasteiger partial charge in [-0.2, -0.15) is 4.31 Å². The second-order valence-electron chi connectivity index (χ2n) is 8.51. The van der Waals surface area contributed by atoms with Crippen molar-refractivity contribution in [2.75, 3.05) is 36.4 Å². The van der Waals surface area contributed by atoms with Crippen LogP contribution >= 0.6 is 11.6 Å². The highest BCUT2D eigenvalue weighted by molar-refractivity contribution is 7.89. The third-order valence-electron chi connectivity index (χ3n) is 6.22. The van der Waals surface area contributed by atoms with Gasteiger partial charge in [0.15, 0.2) is 0 Å². The maximum atomic E-state index is 13.2. The zero-order valence-electron chi connectivity index (χ0n) is 18.2. The fourth-order valence-corrected chi connectivity index (χ4v) is 6.39. The first kappa shape index (κ1) is 23.1. The molecule has 2 aliphatic heterocycles. The Hall–Kier alpha value is -2.09. The molecule has 32 heavy (non-hydrogen) atoms. The highest BCUT2D eigenvalue weighted by atomic mass is 35.5. The van der Waals surface area contributed by atoms with E-state index in [4.69, 9.17) is 11.6 Å². The normalized spacial score (nSPS) is 18.2. The second-order valence-corrected chi connectivity index (χ2v) is 10.8. The fourth-order valence-electron chi connectivity index (χ4n) is 4.37. The lowest BCUT2D eigenvalue weighted by molar-refractivity contribution is 0.102. The van der Waals surface area contributed by atoms with Crippen LogP contribution in [0.25, 0.3) is 0 Å². The molecule has 0 saturated carbocycles. The number of carbonyl (C=O) groups is 1. The van der Waals surface area contributed by atoms with Gasteiger partial charge in [-0.1, -0.05) is 24.4 Å². The van der Waals surface area contributed by atoms with Crippen LogP contribution in [0.2, 0.25) is 5.02 Å². The van der Waals surface area contributed by atoms with Gasteiger partial charge >= 0.3 is 0 Å². The summed E-state index contributed by atoms with van der Waals surface area (Å²) in [6.07, 6.45) is 7.42. The van der Waals surface area contributed by atoms with Crippen LogP contribution in [-0.2, 0) is 10.0 Å². The molecule has 172 valence electrons. The molecule has 2 saturated heterocycles. The Bertz CT molecular complexity index is 1040. The van der Waals surface area contributed by atoms with Crippen molar-refractivity contribution in [3.63, 3.8) is 0 Å². The second kappa shape index (κ2) is 10.2. The monoisotopic (exact) mass is 475 g/mol. The van der Waals surface area contributed by atoms with Crippen molar-refractivity contribution in [3.8, 4) is 0 Å². The van der Waals surface area contributed by atoms with Crippen molar-refractivity contribution in [3.05, 3.63) is 53.1 Å². The van der Waals surface area contributed by atoms with Crippen molar-refractivity contribution in [1.29, 1.82) is 0 Å². The number of hydrogen-bond donors (Lipinski definition) is 1. The van der Waals surface area contributed by atoms with E-state index in [9.17, 15) is 13.2 Å². The lowest BCUT2D eigenvalue weighted by Gasteiger charge is -2.28. The van der Waals surface area contributed by atoms with Crippen LogP contribution in [-0.4, -0.2) is 44.8 Å². The molecule has 0 aromatic heterocycles. The third-order valence-corrected chi connectivity index (χ3v) is 8.60. The standard InChI is InChI=1S/C24H30ClN3O3S/c25-22-13-8-19(18-23(22)32(30,31)28-16-6-1-2-7-17-28)24(29)26-20-9-11-21(12-10-20)27-14-4-3-5-15-27/h8-13,18H,1-7,14-17H2,(H,26,29). The smallest absolute Gasteiger partial charge is 0.255 e. The Morgan fingerprint density at radius 1 is 0.812 bits per heavy atom. The van der Waals surface area contributed by atoms with Crippen LogP contribution in [0.5, 0.6) is 0 Å². The number of halogens is 1. The zero-order chi connectivity index (χ0) is 22.6. The number of sulfonamides is 1. The SMILES string of the molecule is O=C(Nc1ccc(N2CCCCC2)cc1)c1ccc(Cl)c(S(=O)(=O)N2CCCCCC2)c1. The van der Waals surface area contributed by atoms with Gasteiger partial charge in [0, 0.05) is 43.1 Å². The highest BCUT2D eigenvalue weighted by Gasteiger charge is 2.28. The van der Waals surface area contributed by atoms with Gasteiger partial charge in [-0.3, -0.25) is 4.79 Å². The van der Waals surface area contributed by atoms with Gasteiger partial charge in [0.2, 0.25) is 10.0 Å². The number of amides is 1. The maximum absolute atomic E-state index is 13.2. The predicted octanol–water partition coefficient (Wildman–Crippen LogP) is 5.15. The van der Waals surface area contributed by atoms with E-state index < -0.39 is 10.0 Å². The van der Waals surface area contributed by atoms with Gasteiger partial charge in [0.25, 0.3) is 5.91 Å². The summed E-state index contributed by atoms with van der Waals surface area (Å²) in [5.41, 5.74) is 2.09. The molecule has 2 aromatic carbocycles. The Morgan fingerprint density at radius 2 is 1.41 bits per heavy atom. The fraction of sp³-hybridized carbons (Fsp3) is 0.458. The molecule has 1 amide bonds. The molecule has 2 fully saturated rings. The molecule has 4 rings (SSSR count). The van der Waals surface area contributed by atoms with Gasteiger partial charge in [-0.05, 0) is 74.6 Å². The average molecular weight is 476 g/mol. The third kappa shape index (κ3) is 5.27. The Labute approximate surface area is 195 Å². The van der Waals surface area contributed by atoms with E-state index in [-0.39, 0.29) is 21.4 Å². The van der Waals surface area contributed by atoms with Crippen molar-refractivity contribution in [2.45, 2.75) is 49.8 Å². The maximum Gasteiger partial charge on any atom is 0.255 e. The van der Waals surface area contributed by atoms with Crippen molar-refractivity contribution < 1.29 is 13.2 Å². The average Bonchev–Trinajstić information content (AvgIpc) is 3.11. The summed E-state index contributed by atoms with van der Waals surface area (Å²) in [6, 6.07) is 12.2. The van der Waals surface area contributed by atoms with E-state index in [1.807, 2.05) is 24.3 Å². The molecule has 0 radical (unpaired) electrons.